The molecule has 0 unspecified atom stereocenters. The van der Waals surface area contributed by atoms with Crippen molar-refractivity contribution < 1.29 is 4.74 Å². The molecule has 33 heavy (non-hydrogen) atoms. The molecule has 3 N–H and O–H groups in total. The van der Waals surface area contributed by atoms with Crippen molar-refractivity contribution in [2.24, 2.45) is 11.1 Å². The highest BCUT2D eigenvalue weighted by Crippen LogP contribution is 2.42. The molecule has 1 aromatic carbocycles. The number of H-pyrrole nitrogens is 1. The number of aryl methyl sites for hydroxylation is 1. The minimum Gasteiger partial charge on any atom is -0.376 e. The molecule has 9 heteroatoms. The number of ether oxygens (including phenoxy) is 1. The van der Waals surface area contributed by atoms with Crippen LogP contribution in [0.4, 0.5) is 17.3 Å². The zero-order valence-electron chi connectivity index (χ0n) is 18.8. The molecule has 2 saturated heterocycles. The standard InChI is InChI=1S/C24H28N8O/c1-15-21(26)24(14-33-15)6-9-31(10-7-24)19-13-27-20-22(28-19)29-30-23(20)32-8-2-3-17-11-16(12-25)4-5-18(17)32/h4-5,11,13,15,21H,2-3,6-10,14,26H2,1H3,(H,28,29,30)/t15-,21+/m0/s1. The molecule has 0 amide bonds. The fourth-order valence-electron chi connectivity index (χ4n) is 5.66. The predicted octanol–water partition coefficient (Wildman–Crippen LogP) is 2.64. The van der Waals surface area contributed by atoms with Gasteiger partial charge in [-0.25, -0.2) is 9.97 Å². The van der Waals surface area contributed by atoms with Crippen LogP contribution in [0.5, 0.6) is 0 Å². The number of piperidine rings is 1. The first-order valence-electron chi connectivity index (χ1n) is 11.7. The Morgan fingerprint density at radius 2 is 2.12 bits per heavy atom. The van der Waals surface area contributed by atoms with Crippen molar-refractivity contribution in [2.45, 2.75) is 44.8 Å². The van der Waals surface area contributed by atoms with Crippen molar-refractivity contribution in [1.29, 1.82) is 5.26 Å². The van der Waals surface area contributed by atoms with Gasteiger partial charge >= 0.3 is 0 Å². The quantitative estimate of drug-likeness (QED) is 0.619. The fourth-order valence-corrected chi connectivity index (χ4v) is 5.66. The van der Waals surface area contributed by atoms with E-state index in [1.54, 1.807) is 0 Å². The van der Waals surface area contributed by atoms with Gasteiger partial charge in [-0.3, -0.25) is 5.10 Å². The van der Waals surface area contributed by atoms with Crippen molar-refractivity contribution in [1.82, 2.24) is 20.2 Å². The summed E-state index contributed by atoms with van der Waals surface area (Å²) in [6.07, 6.45) is 5.95. The van der Waals surface area contributed by atoms with Crippen LogP contribution in [0.15, 0.2) is 24.4 Å². The van der Waals surface area contributed by atoms with E-state index in [0.29, 0.717) is 11.2 Å². The number of fused-ring (bicyclic) bond motifs is 2. The fraction of sp³-hybridized carbons (Fsp3) is 0.500. The molecule has 0 aliphatic carbocycles. The van der Waals surface area contributed by atoms with Crippen LogP contribution in [0, 0.1) is 16.7 Å². The molecule has 3 aliphatic rings. The molecule has 6 rings (SSSR count). The lowest BCUT2D eigenvalue weighted by Gasteiger charge is -2.41. The van der Waals surface area contributed by atoms with Gasteiger partial charge in [-0.2, -0.15) is 10.4 Å². The Morgan fingerprint density at radius 1 is 1.27 bits per heavy atom. The monoisotopic (exact) mass is 444 g/mol. The van der Waals surface area contributed by atoms with Crippen molar-refractivity contribution in [2.75, 3.05) is 36.0 Å². The summed E-state index contributed by atoms with van der Waals surface area (Å²) in [6.45, 7) is 5.48. The lowest BCUT2D eigenvalue weighted by molar-refractivity contribution is 0.0974. The number of nitriles is 1. The summed E-state index contributed by atoms with van der Waals surface area (Å²) in [4.78, 5) is 14.1. The van der Waals surface area contributed by atoms with E-state index in [9.17, 15) is 5.26 Å². The average Bonchev–Trinajstić information content (AvgIpc) is 3.40. The Labute approximate surface area is 192 Å². The molecule has 9 nitrogen and oxygen atoms in total. The van der Waals surface area contributed by atoms with E-state index in [1.807, 2.05) is 24.4 Å². The largest absolute Gasteiger partial charge is 0.376 e. The van der Waals surface area contributed by atoms with Crippen LogP contribution in [0.1, 0.15) is 37.3 Å². The molecule has 3 aliphatic heterocycles. The third kappa shape index (κ3) is 3.24. The lowest BCUT2D eigenvalue weighted by atomic mass is 9.73. The Bertz CT molecular complexity index is 1240. The van der Waals surface area contributed by atoms with Crippen molar-refractivity contribution in [3.05, 3.63) is 35.5 Å². The van der Waals surface area contributed by atoms with Crippen LogP contribution < -0.4 is 15.5 Å². The van der Waals surface area contributed by atoms with Gasteiger partial charge in [0.2, 0.25) is 0 Å². The van der Waals surface area contributed by atoms with E-state index in [4.69, 9.17) is 20.4 Å². The molecule has 3 aromatic rings. The van der Waals surface area contributed by atoms with E-state index < -0.39 is 0 Å². The van der Waals surface area contributed by atoms with Crippen LogP contribution in [0.25, 0.3) is 11.2 Å². The first-order chi connectivity index (χ1) is 16.1. The van der Waals surface area contributed by atoms with Gasteiger partial charge in [-0.15, -0.1) is 0 Å². The number of benzene rings is 1. The van der Waals surface area contributed by atoms with E-state index in [0.717, 1.165) is 74.8 Å². The van der Waals surface area contributed by atoms with Crippen molar-refractivity contribution in [3.63, 3.8) is 0 Å². The number of hydrogen-bond donors (Lipinski definition) is 2. The summed E-state index contributed by atoms with van der Waals surface area (Å²) >= 11 is 0. The molecule has 170 valence electrons. The zero-order chi connectivity index (χ0) is 22.6. The second kappa shape index (κ2) is 7.68. The van der Waals surface area contributed by atoms with E-state index in [1.165, 1.54) is 5.56 Å². The number of nitrogens with zero attached hydrogens (tertiary/aromatic N) is 6. The van der Waals surface area contributed by atoms with Crippen molar-refractivity contribution in [3.8, 4) is 6.07 Å². The topological polar surface area (TPSA) is 120 Å². The lowest BCUT2D eigenvalue weighted by Crippen LogP contribution is -2.50. The highest BCUT2D eigenvalue weighted by atomic mass is 16.5. The molecule has 1 spiro atoms. The summed E-state index contributed by atoms with van der Waals surface area (Å²) in [6, 6.07) is 8.18. The smallest absolute Gasteiger partial charge is 0.183 e. The summed E-state index contributed by atoms with van der Waals surface area (Å²) in [7, 11) is 0. The molecule has 2 atom stereocenters. The number of aromatic amines is 1. The van der Waals surface area contributed by atoms with Gasteiger partial charge in [-0.05, 0) is 56.4 Å². The molecular formula is C24H28N8O. The Balaban J connectivity index is 1.25. The van der Waals surface area contributed by atoms with Gasteiger partial charge in [0.1, 0.15) is 5.82 Å². The molecule has 5 heterocycles. The number of aromatic nitrogens is 4. The normalized spacial score (nSPS) is 24.3. The van der Waals surface area contributed by atoms with E-state index in [2.05, 4.69) is 33.0 Å². The number of hydrogen-bond acceptors (Lipinski definition) is 8. The minimum absolute atomic E-state index is 0.0850. The third-order valence-corrected chi connectivity index (χ3v) is 7.75. The highest BCUT2D eigenvalue weighted by Gasteiger charge is 2.47. The minimum atomic E-state index is 0.0850. The Hall–Kier alpha value is -3.22. The predicted molar refractivity (Wildman–Crippen MR) is 125 cm³/mol. The van der Waals surface area contributed by atoms with Crippen LogP contribution in [0.3, 0.4) is 0 Å². The Morgan fingerprint density at radius 3 is 2.88 bits per heavy atom. The van der Waals surface area contributed by atoms with Gasteiger partial charge in [0.25, 0.3) is 0 Å². The van der Waals surface area contributed by atoms with Crippen LogP contribution >= 0.6 is 0 Å². The van der Waals surface area contributed by atoms with E-state index >= 15 is 0 Å². The average molecular weight is 445 g/mol. The second-order valence-electron chi connectivity index (χ2n) is 9.57. The number of anilines is 3. The van der Waals surface area contributed by atoms with Crippen molar-refractivity contribution >= 4 is 28.5 Å². The van der Waals surface area contributed by atoms with E-state index in [-0.39, 0.29) is 17.6 Å². The van der Waals surface area contributed by atoms with Gasteiger partial charge in [0.05, 0.1) is 30.5 Å². The molecule has 0 bridgehead atoms. The summed E-state index contributed by atoms with van der Waals surface area (Å²) in [5.41, 5.74) is 11.0. The molecule has 0 radical (unpaired) electrons. The van der Waals surface area contributed by atoms with Gasteiger partial charge in [-0.1, -0.05) is 0 Å². The maximum absolute atomic E-state index is 9.23. The third-order valence-electron chi connectivity index (χ3n) is 7.75. The first kappa shape index (κ1) is 20.4. The summed E-state index contributed by atoms with van der Waals surface area (Å²) in [5, 5.41) is 16.9. The number of nitrogens with two attached hydrogens (primary N) is 1. The molecular weight excluding hydrogens is 416 g/mol. The molecule has 0 saturated carbocycles. The number of rotatable bonds is 2. The zero-order valence-corrected chi connectivity index (χ0v) is 18.8. The molecule has 2 fully saturated rings. The van der Waals surface area contributed by atoms with Crippen LogP contribution in [-0.2, 0) is 11.2 Å². The van der Waals surface area contributed by atoms with Crippen LogP contribution in [0.2, 0.25) is 0 Å². The Kier molecular flexibility index (Phi) is 4.75. The highest BCUT2D eigenvalue weighted by molar-refractivity contribution is 5.87. The molecule has 2 aromatic heterocycles. The first-order valence-corrected chi connectivity index (χ1v) is 11.7. The number of nitrogens with one attached hydrogen (secondary N) is 1. The van der Waals surface area contributed by atoms with Gasteiger partial charge < -0.3 is 20.3 Å². The maximum Gasteiger partial charge on any atom is 0.183 e. The van der Waals surface area contributed by atoms with Gasteiger partial charge in [0, 0.05) is 36.8 Å². The summed E-state index contributed by atoms with van der Waals surface area (Å²) < 4.78 is 5.85. The summed E-state index contributed by atoms with van der Waals surface area (Å²) in [5.74, 6) is 1.65. The second-order valence-corrected chi connectivity index (χ2v) is 9.57. The SMILES string of the molecule is C[C@@H]1OCC2(CCN(c3cnc4c(N5CCCc6cc(C#N)ccc65)n[nH]c4n3)CC2)[C@@H]1N. The maximum atomic E-state index is 9.23. The van der Waals surface area contributed by atoms with Gasteiger partial charge in [0.15, 0.2) is 17.0 Å². The van der Waals surface area contributed by atoms with Crippen LogP contribution in [-0.4, -0.2) is 58.6 Å².